The molecule has 1 N–H and O–H groups in total. The van der Waals surface area contributed by atoms with Crippen LogP contribution in [0.15, 0.2) is 53.3 Å². The van der Waals surface area contributed by atoms with Crippen molar-refractivity contribution >= 4 is 10.9 Å². The van der Waals surface area contributed by atoms with Crippen molar-refractivity contribution in [3.63, 3.8) is 0 Å². The van der Waals surface area contributed by atoms with E-state index in [2.05, 4.69) is 25.4 Å². The Morgan fingerprint density at radius 1 is 1.06 bits per heavy atom. The molecule has 0 aliphatic heterocycles. The third-order valence-corrected chi connectivity index (χ3v) is 6.72. The molecule has 7 nitrogen and oxygen atoms in total. The molecule has 176 valence electrons. The summed E-state index contributed by atoms with van der Waals surface area (Å²) in [5.41, 5.74) is 3.44. The molecule has 0 unspecified atom stereocenters. The van der Waals surface area contributed by atoms with Gasteiger partial charge in [0.15, 0.2) is 5.82 Å². The molecule has 34 heavy (non-hydrogen) atoms. The molecule has 1 fully saturated rings. The van der Waals surface area contributed by atoms with E-state index < -0.39 is 0 Å². The summed E-state index contributed by atoms with van der Waals surface area (Å²) in [5, 5.41) is 13.6. The molecule has 2 aromatic carbocycles. The summed E-state index contributed by atoms with van der Waals surface area (Å²) in [6.07, 6.45) is 5.80. The third-order valence-electron chi connectivity index (χ3n) is 6.72. The van der Waals surface area contributed by atoms with Crippen molar-refractivity contribution in [3.05, 3.63) is 87.2 Å². The zero-order chi connectivity index (χ0) is 23.5. The molecule has 0 spiro atoms. The molecule has 0 saturated heterocycles. The Morgan fingerprint density at radius 2 is 1.85 bits per heavy atom. The van der Waals surface area contributed by atoms with Crippen molar-refractivity contribution < 1.29 is 4.39 Å². The average molecular weight is 461 g/mol. The number of rotatable bonds is 7. The van der Waals surface area contributed by atoms with E-state index in [1.807, 2.05) is 35.9 Å². The lowest BCUT2D eigenvalue weighted by Crippen LogP contribution is -2.29. The van der Waals surface area contributed by atoms with Gasteiger partial charge in [0.05, 0.1) is 18.1 Å². The second kappa shape index (κ2) is 9.85. The van der Waals surface area contributed by atoms with Crippen LogP contribution in [0.2, 0.25) is 0 Å². The number of aromatic nitrogens is 5. The Balaban J connectivity index is 1.45. The van der Waals surface area contributed by atoms with Gasteiger partial charge in [0.1, 0.15) is 5.82 Å². The van der Waals surface area contributed by atoms with E-state index in [1.165, 1.54) is 31.4 Å². The summed E-state index contributed by atoms with van der Waals surface area (Å²) in [5.74, 6) is 0.528. The zero-order valence-electron chi connectivity index (χ0n) is 19.4. The van der Waals surface area contributed by atoms with E-state index >= 15 is 0 Å². The van der Waals surface area contributed by atoms with Crippen LogP contribution < -0.4 is 5.56 Å². The van der Waals surface area contributed by atoms with Crippen LogP contribution >= 0.6 is 0 Å². The van der Waals surface area contributed by atoms with Crippen LogP contribution in [0.4, 0.5) is 4.39 Å². The topological polar surface area (TPSA) is 79.7 Å². The second-order valence-electron chi connectivity index (χ2n) is 9.27. The maximum absolute atomic E-state index is 13.5. The highest BCUT2D eigenvalue weighted by molar-refractivity contribution is 5.81. The van der Waals surface area contributed by atoms with Crippen LogP contribution in [0, 0.1) is 12.7 Å². The predicted molar refractivity (Wildman–Crippen MR) is 129 cm³/mol. The number of fused-ring (bicyclic) bond motifs is 1. The molecular formula is C26H29FN6O. The van der Waals surface area contributed by atoms with E-state index in [4.69, 9.17) is 0 Å². The highest BCUT2D eigenvalue weighted by Gasteiger charge is 2.22. The molecular weight excluding hydrogens is 431 g/mol. The average Bonchev–Trinajstić information content (AvgIpc) is 3.30. The van der Waals surface area contributed by atoms with Gasteiger partial charge in [-0.1, -0.05) is 49.6 Å². The maximum atomic E-state index is 13.5. The summed E-state index contributed by atoms with van der Waals surface area (Å²) in [6.45, 7) is 3.45. The quantitative estimate of drug-likeness (QED) is 0.434. The first-order valence-electron chi connectivity index (χ1n) is 11.9. The van der Waals surface area contributed by atoms with E-state index in [0.29, 0.717) is 31.2 Å². The van der Waals surface area contributed by atoms with Crippen LogP contribution in [-0.2, 0) is 19.6 Å². The van der Waals surface area contributed by atoms with Gasteiger partial charge in [-0.15, -0.1) is 5.10 Å². The SMILES string of the molecule is Cc1cccc2cc(CN(Cc3ccc(F)cc3)Cc3nnnn3C3CCCCC3)c(=O)[nH]c12. The fourth-order valence-electron chi connectivity index (χ4n) is 4.93. The Labute approximate surface area is 197 Å². The van der Waals surface area contributed by atoms with E-state index in [-0.39, 0.29) is 11.4 Å². The van der Waals surface area contributed by atoms with Crippen LogP contribution in [0.3, 0.4) is 0 Å². The standard InChI is InChI=1S/C26H29FN6O/c1-18-6-5-7-20-14-21(26(34)28-25(18)20)16-32(15-19-10-12-22(27)13-11-19)17-24-29-30-31-33(24)23-8-3-2-4-9-23/h5-7,10-14,23H,2-4,8-9,15-17H2,1H3,(H,28,34). The first-order valence-corrected chi connectivity index (χ1v) is 11.9. The van der Waals surface area contributed by atoms with E-state index in [0.717, 1.165) is 40.7 Å². The van der Waals surface area contributed by atoms with Gasteiger partial charge in [0, 0.05) is 18.7 Å². The van der Waals surface area contributed by atoms with Gasteiger partial charge < -0.3 is 4.98 Å². The predicted octanol–water partition coefficient (Wildman–Crippen LogP) is 4.67. The van der Waals surface area contributed by atoms with Crippen LogP contribution in [0.5, 0.6) is 0 Å². The van der Waals surface area contributed by atoms with Crippen LogP contribution in [-0.4, -0.2) is 30.1 Å². The Hall–Kier alpha value is -3.39. The molecule has 8 heteroatoms. The molecule has 1 aliphatic carbocycles. The van der Waals surface area contributed by atoms with Gasteiger partial charge in [0.25, 0.3) is 5.56 Å². The van der Waals surface area contributed by atoms with E-state index in [9.17, 15) is 9.18 Å². The smallest absolute Gasteiger partial charge is 0.252 e. The number of para-hydroxylation sites is 1. The molecule has 1 saturated carbocycles. The van der Waals surface area contributed by atoms with Gasteiger partial charge in [-0.3, -0.25) is 9.69 Å². The molecule has 4 aromatic rings. The maximum Gasteiger partial charge on any atom is 0.252 e. The number of pyridine rings is 1. The van der Waals surface area contributed by atoms with Crippen molar-refractivity contribution in [3.8, 4) is 0 Å². The van der Waals surface area contributed by atoms with Gasteiger partial charge in [0.2, 0.25) is 0 Å². The molecule has 0 atom stereocenters. The number of nitrogens with zero attached hydrogens (tertiary/aromatic N) is 5. The van der Waals surface area contributed by atoms with Crippen molar-refractivity contribution in [2.75, 3.05) is 0 Å². The number of halogens is 1. The molecule has 0 bridgehead atoms. The monoisotopic (exact) mass is 460 g/mol. The third kappa shape index (κ3) is 4.92. The number of aryl methyl sites for hydroxylation is 1. The largest absolute Gasteiger partial charge is 0.321 e. The lowest BCUT2D eigenvalue weighted by atomic mass is 9.95. The summed E-state index contributed by atoms with van der Waals surface area (Å²) >= 11 is 0. The fraction of sp³-hybridized carbons (Fsp3) is 0.385. The lowest BCUT2D eigenvalue weighted by molar-refractivity contribution is 0.225. The van der Waals surface area contributed by atoms with Crippen molar-refractivity contribution in [2.24, 2.45) is 0 Å². The zero-order valence-corrected chi connectivity index (χ0v) is 19.4. The number of hydrogen-bond acceptors (Lipinski definition) is 5. The number of benzene rings is 2. The number of tetrazole rings is 1. The Bertz CT molecular complexity index is 1320. The number of aromatic amines is 1. The number of nitrogens with one attached hydrogen (secondary N) is 1. The Kier molecular flexibility index (Phi) is 6.49. The van der Waals surface area contributed by atoms with E-state index in [1.54, 1.807) is 12.1 Å². The highest BCUT2D eigenvalue weighted by Crippen LogP contribution is 2.28. The Morgan fingerprint density at radius 3 is 2.65 bits per heavy atom. The summed E-state index contributed by atoms with van der Waals surface area (Å²) in [7, 11) is 0. The van der Waals surface area contributed by atoms with Crippen molar-refractivity contribution in [2.45, 2.75) is 64.7 Å². The normalized spacial score (nSPS) is 14.8. The molecule has 2 aromatic heterocycles. The van der Waals surface area contributed by atoms with Crippen LogP contribution in [0.25, 0.3) is 10.9 Å². The summed E-state index contributed by atoms with van der Waals surface area (Å²) in [6, 6.07) is 14.8. The second-order valence-corrected chi connectivity index (χ2v) is 9.27. The summed E-state index contributed by atoms with van der Waals surface area (Å²) < 4.78 is 15.4. The minimum Gasteiger partial charge on any atom is -0.321 e. The molecule has 2 heterocycles. The lowest BCUT2D eigenvalue weighted by Gasteiger charge is -2.25. The van der Waals surface area contributed by atoms with Crippen molar-refractivity contribution in [1.82, 2.24) is 30.1 Å². The first-order chi connectivity index (χ1) is 16.6. The minimum absolute atomic E-state index is 0.0993. The number of hydrogen-bond donors (Lipinski definition) is 1. The van der Waals surface area contributed by atoms with Gasteiger partial charge in [-0.05, 0) is 64.9 Å². The molecule has 1 aliphatic rings. The van der Waals surface area contributed by atoms with Crippen molar-refractivity contribution in [1.29, 1.82) is 0 Å². The van der Waals surface area contributed by atoms with Gasteiger partial charge >= 0.3 is 0 Å². The number of H-pyrrole nitrogens is 1. The first kappa shape index (κ1) is 22.4. The van der Waals surface area contributed by atoms with Gasteiger partial charge in [-0.2, -0.15) is 0 Å². The fourth-order valence-corrected chi connectivity index (χ4v) is 4.93. The molecule has 0 radical (unpaired) electrons. The molecule has 0 amide bonds. The molecule has 5 rings (SSSR count). The van der Waals surface area contributed by atoms with Crippen LogP contribution in [0.1, 0.15) is 60.7 Å². The van der Waals surface area contributed by atoms with Gasteiger partial charge in [-0.25, -0.2) is 9.07 Å². The minimum atomic E-state index is -0.266. The highest BCUT2D eigenvalue weighted by atomic mass is 19.1. The summed E-state index contributed by atoms with van der Waals surface area (Å²) in [4.78, 5) is 18.1.